The fraction of sp³-hybridized carbons (Fsp3) is 0.107. The van der Waals surface area contributed by atoms with E-state index in [1.165, 1.54) is 4.57 Å². The minimum atomic E-state index is -0.553. The second-order valence-corrected chi connectivity index (χ2v) is 9.04. The SMILES string of the molecule is Cc1ccc(/C=c2/s/c(=C(/C#N)C(=O)Nc3ccccc3C)n(-c3ccccc3C)c2=O)cc1. The van der Waals surface area contributed by atoms with E-state index >= 15 is 0 Å². The van der Waals surface area contributed by atoms with Gasteiger partial charge in [0.15, 0.2) is 5.57 Å². The molecule has 168 valence electrons. The molecule has 1 aromatic heterocycles. The van der Waals surface area contributed by atoms with E-state index in [0.29, 0.717) is 20.6 Å². The van der Waals surface area contributed by atoms with Crippen LogP contribution in [-0.2, 0) is 4.79 Å². The molecule has 34 heavy (non-hydrogen) atoms. The summed E-state index contributed by atoms with van der Waals surface area (Å²) in [6.07, 6.45) is 1.79. The molecule has 6 heteroatoms. The zero-order chi connectivity index (χ0) is 24.2. The summed E-state index contributed by atoms with van der Waals surface area (Å²) in [5.74, 6) is -0.553. The van der Waals surface area contributed by atoms with Crippen molar-refractivity contribution < 1.29 is 4.79 Å². The highest BCUT2D eigenvalue weighted by Gasteiger charge is 2.18. The lowest BCUT2D eigenvalue weighted by Crippen LogP contribution is -2.32. The number of thiazole rings is 1. The second kappa shape index (κ2) is 9.74. The summed E-state index contributed by atoms with van der Waals surface area (Å²) in [6.45, 7) is 5.77. The number of aromatic nitrogens is 1. The first-order chi connectivity index (χ1) is 16.4. The Labute approximate surface area is 201 Å². The topological polar surface area (TPSA) is 74.9 Å². The van der Waals surface area contributed by atoms with Gasteiger partial charge in [0.25, 0.3) is 11.5 Å². The quantitative estimate of drug-likeness (QED) is 0.496. The molecule has 3 aromatic carbocycles. The Bertz CT molecular complexity index is 1600. The van der Waals surface area contributed by atoms with Crippen molar-refractivity contribution in [3.05, 3.63) is 115 Å². The van der Waals surface area contributed by atoms with Gasteiger partial charge < -0.3 is 5.32 Å². The molecule has 0 spiro atoms. The van der Waals surface area contributed by atoms with Crippen molar-refractivity contribution in [3.8, 4) is 11.8 Å². The number of para-hydroxylation sites is 2. The molecular weight excluding hydrogens is 442 g/mol. The van der Waals surface area contributed by atoms with Crippen molar-refractivity contribution in [1.82, 2.24) is 4.57 Å². The van der Waals surface area contributed by atoms with Crippen LogP contribution in [0.1, 0.15) is 22.3 Å². The van der Waals surface area contributed by atoms with Crippen molar-refractivity contribution >= 4 is 34.6 Å². The molecule has 0 aliphatic heterocycles. The van der Waals surface area contributed by atoms with Crippen LogP contribution in [0.2, 0.25) is 0 Å². The van der Waals surface area contributed by atoms with Crippen LogP contribution in [0.25, 0.3) is 17.3 Å². The van der Waals surface area contributed by atoms with Gasteiger partial charge in [0, 0.05) is 5.69 Å². The number of carbonyl (C=O) groups excluding carboxylic acids is 1. The predicted octanol–water partition coefficient (Wildman–Crippen LogP) is 3.97. The average Bonchev–Trinajstić information content (AvgIpc) is 3.13. The van der Waals surface area contributed by atoms with Crippen molar-refractivity contribution in [2.24, 2.45) is 0 Å². The monoisotopic (exact) mass is 465 g/mol. The van der Waals surface area contributed by atoms with Crippen LogP contribution in [0, 0.1) is 32.1 Å². The molecule has 0 atom stereocenters. The first-order valence-electron chi connectivity index (χ1n) is 10.8. The third-order valence-electron chi connectivity index (χ3n) is 5.50. The number of aryl methyl sites for hydroxylation is 3. The Kier molecular flexibility index (Phi) is 6.58. The van der Waals surface area contributed by atoms with E-state index in [1.54, 1.807) is 12.1 Å². The van der Waals surface area contributed by atoms with E-state index in [-0.39, 0.29) is 11.1 Å². The van der Waals surface area contributed by atoms with E-state index < -0.39 is 5.91 Å². The molecule has 1 heterocycles. The van der Waals surface area contributed by atoms with Crippen LogP contribution >= 0.6 is 11.3 Å². The van der Waals surface area contributed by atoms with E-state index in [0.717, 1.165) is 33.6 Å². The highest BCUT2D eigenvalue weighted by Crippen LogP contribution is 2.15. The number of rotatable bonds is 4. The van der Waals surface area contributed by atoms with Gasteiger partial charge in [-0.15, -0.1) is 11.3 Å². The van der Waals surface area contributed by atoms with Gasteiger partial charge in [-0.1, -0.05) is 66.2 Å². The first-order valence-corrected chi connectivity index (χ1v) is 11.6. The largest absolute Gasteiger partial charge is 0.321 e. The number of nitriles is 1. The van der Waals surface area contributed by atoms with Gasteiger partial charge >= 0.3 is 0 Å². The summed E-state index contributed by atoms with van der Waals surface area (Å²) in [5.41, 5.74) is 4.60. The molecular formula is C28H23N3O2S. The Balaban J connectivity index is 1.99. The number of nitrogens with one attached hydrogen (secondary N) is 1. The minimum Gasteiger partial charge on any atom is -0.321 e. The molecule has 4 aromatic rings. The Morgan fingerprint density at radius 2 is 1.59 bits per heavy atom. The van der Waals surface area contributed by atoms with E-state index in [1.807, 2.05) is 93.6 Å². The summed E-state index contributed by atoms with van der Waals surface area (Å²) in [7, 11) is 0. The lowest BCUT2D eigenvalue weighted by Gasteiger charge is -2.09. The fourth-order valence-corrected chi connectivity index (χ4v) is 4.69. The zero-order valence-electron chi connectivity index (χ0n) is 19.1. The predicted molar refractivity (Wildman–Crippen MR) is 137 cm³/mol. The lowest BCUT2D eigenvalue weighted by atomic mass is 10.1. The highest BCUT2D eigenvalue weighted by atomic mass is 32.1. The molecule has 1 N–H and O–H groups in total. The third kappa shape index (κ3) is 4.61. The second-order valence-electron chi connectivity index (χ2n) is 8.01. The molecule has 0 fully saturated rings. The molecule has 0 aliphatic carbocycles. The molecule has 0 bridgehead atoms. The van der Waals surface area contributed by atoms with Crippen molar-refractivity contribution in [2.75, 3.05) is 5.32 Å². The van der Waals surface area contributed by atoms with Gasteiger partial charge in [0.05, 0.1) is 10.2 Å². The van der Waals surface area contributed by atoms with Crippen molar-refractivity contribution in [1.29, 1.82) is 5.26 Å². The number of anilines is 1. The maximum Gasteiger partial charge on any atom is 0.273 e. The Morgan fingerprint density at radius 3 is 2.24 bits per heavy atom. The van der Waals surface area contributed by atoms with Gasteiger partial charge in [-0.05, 0) is 55.7 Å². The van der Waals surface area contributed by atoms with Gasteiger partial charge in [-0.25, -0.2) is 0 Å². The molecule has 0 saturated carbocycles. The number of carbonyl (C=O) groups is 1. The molecule has 0 aliphatic rings. The average molecular weight is 466 g/mol. The van der Waals surface area contributed by atoms with Crippen LogP contribution in [0.3, 0.4) is 0 Å². The highest BCUT2D eigenvalue weighted by molar-refractivity contribution is 7.07. The van der Waals surface area contributed by atoms with Gasteiger partial charge in [0.1, 0.15) is 10.7 Å². The van der Waals surface area contributed by atoms with Crippen LogP contribution in [-0.4, -0.2) is 10.5 Å². The Morgan fingerprint density at radius 1 is 0.941 bits per heavy atom. The normalized spacial score (nSPS) is 12.2. The number of benzene rings is 3. The number of amides is 1. The molecule has 1 amide bonds. The van der Waals surface area contributed by atoms with Crippen LogP contribution < -0.4 is 20.1 Å². The van der Waals surface area contributed by atoms with E-state index in [4.69, 9.17) is 0 Å². The minimum absolute atomic E-state index is 0.114. The van der Waals surface area contributed by atoms with Gasteiger partial charge in [-0.3, -0.25) is 14.2 Å². The smallest absolute Gasteiger partial charge is 0.273 e. The maximum absolute atomic E-state index is 13.6. The van der Waals surface area contributed by atoms with Gasteiger partial charge in [0.2, 0.25) is 0 Å². The summed E-state index contributed by atoms with van der Waals surface area (Å²) >= 11 is 1.14. The molecule has 0 radical (unpaired) electrons. The zero-order valence-corrected chi connectivity index (χ0v) is 19.9. The first kappa shape index (κ1) is 23.0. The summed E-state index contributed by atoms with van der Waals surface area (Å²) in [6, 6.07) is 24.6. The molecule has 0 saturated heterocycles. The standard InChI is InChI=1S/C28H23N3O2S/c1-18-12-14-21(15-13-18)16-25-27(33)31(24-11-7-5-9-20(24)3)28(34-25)22(17-29)26(32)30-23-10-6-4-8-19(23)2/h4-16H,1-3H3,(H,30,32)/b25-16+,28-22-. The van der Waals surface area contributed by atoms with Crippen LogP contribution in [0.5, 0.6) is 0 Å². The number of nitrogens with zero attached hydrogens (tertiary/aromatic N) is 2. The Hall–Kier alpha value is -4.21. The number of hydrogen-bond donors (Lipinski definition) is 1. The van der Waals surface area contributed by atoms with E-state index in [2.05, 4.69) is 5.32 Å². The van der Waals surface area contributed by atoms with Crippen molar-refractivity contribution in [2.45, 2.75) is 20.8 Å². The van der Waals surface area contributed by atoms with Gasteiger partial charge in [-0.2, -0.15) is 5.26 Å². The molecule has 4 rings (SSSR count). The molecule has 0 unspecified atom stereocenters. The lowest BCUT2D eigenvalue weighted by molar-refractivity contribution is -0.111. The summed E-state index contributed by atoms with van der Waals surface area (Å²) in [5, 5.41) is 12.8. The van der Waals surface area contributed by atoms with E-state index in [9.17, 15) is 14.9 Å². The van der Waals surface area contributed by atoms with Crippen LogP contribution in [0.15, 0.2) is 77.6 Å². The van der Waals surface area contributed by atoms with Crippen molar-refractivity contribution in [3.63, 3.8) is 0 Å². The van der Waals surface area contributed by atoms with Crippen LogP contribution in [0.4, 0.5) is 5.69 Å². The maximum atomic E-state index is 13.6. The fourth-order valence-electron chi connectivity index (χ4n) is 3.59. The summed E-state index contributed by atoms with van der Waals surface area (Å²) in [4.78, 5) is 26.7. The molecule has 5 nitrogen and oxygen atoms in total. The third-order valence-corrected chi connectivity index (χ3v) is 6.59. The summed E-state index contributed by atoms with van der Waals surface area (Å²) < 4.78 is 2.21. The number of hydrogen-bond acceptors (Lipinski definition) is 4.